The zero-order chi connectivity index (χ0) is 15.4. The summed E-state index contributed by atoms with van der Waals surface area (Å²) in [6.45, 7) is 4.66. The lowest BCUT2D eigenvalue weighted by atomic mass is 10.4. The Kier molecular flexibility index (Phi) is 5.52. The number of halogens is 3. The predicted molar refractivity (Wildman–Crippen MR) is 73.6 cm³/mol. The Hall–Kier alpha value is -1.60. The first-order valence-electron chi connectivity index (χ1n) is 5.42. The molecular weight excluding hydrogens is 312 g/mol. The Bertz CT molecular complexity index is 562. The van der Waals surface area contributed by atoms with Gasteiger partial charge in [-0.2, -0.15) is 9.37 Å². The molecule has 1 atom stereocenters. The van der Waals surface area contributed by atoms with Crippen molar-refractivity contribution in [2.24, 2.45) is 5.16 Å². The Labute approximate surface area is 124 Å². The average Bonchev–Trinajstić information content (AvgIpc) is 2.39. The molecule has 2 N–H and O–H groups in total. The summed E-state index contributed by atoms with van der Waals surface area (Å²) < 4.78 is 18.4. The minimum Gasteiger partial charge on any atom is -0.461 e. The highest BCUT2D eigenvalue weighted by Crippen LogP contribution is 2.35. The van der Waals surface area contributed by atoms with E-state index in [0.717, 1.165) is 0 Å². The largest absolute Gasteiger partial charge is 0.461 e. The molecule has 20 heavy (non-hydrogen) atoms. The molecule has 0 unspecified atom stereocenters. The van der Waals surface area contributed by atoms with Gasteiger partial charge in [0.25, 0.3) is 0 Å². The Morgan fingerprint density at radius 3 is 2.55 bits per heavy atom. The van der Waals surface area contributed by atoms with Crippen molar-refractivity contribution >= 4 is 40.6 Å². The van der Waals surface area contributed by atoms with Crippen molar-refractivity contribution in [2.75, 3.05) is 5.73 Å². The molecule has 1 rings (SSSR count). The maximum Gasteiger partial charge on any atom is 0.374 e. The van der Waals surface area contributed by atoms with Crippen LogP contribution in [0.15, 0.2) is 5.16 Å². The quantitative estimate of drug-likeness (QED) is 0.398. The Balaban J connectivity index is 2.89. The van der Waals surface area contributed by atoms with Crippen molar-refractivity contribution in [1.82, 2.24) is 4.98 Å². The molecule has 0 bridgehead atoms. The standard InChI is InChI=1S/C11H12Cl2FN3O3/c1-4(2)17-20-11(18)5(3)19-10-7(13)8(15)6(12)9(14)16-10/h5H,1-3H3,(H2,15,16)/t5-/m1/s1. The minimum absolute atomic E-state index is 0.189. The number of pyridine rings is 1. The normalized spacial score (nSPS) is 11.7. The molecule has 0 aliphatic heterocycles. The van der Waals surface area contributed by atoms with Crippen molar-refractivity contribution in [3.63, 3.8) is 0 Å². The van der Waals surface area contributed by atoms with Crippen LogP contribution in [-0.2, 0) is 9.63 Å². The summed E-state index contributed by atoms with van der Waals surface area (Å²) >= 11 is 11.3. The highest BCUT2D eigenvalue weighted by atomic mass is 35.5. The van der Waals surface area contributed by atoms with E-state index in [2.05, 4.69) is 15.0 Å². The van der Waals surface area contributed by atoms with Crippen molar-refractivity contribution in [3.8, 4) is 5.88 Å². The van der Waals surface area contributed by atoms with E-state index in [4.69, 9.17) is 33.7 Å². The van der Waals surface area contributed by atoms with Gasteiger partial charge >= 0.3 is 5.97 Å². The molecule has 1 aromatic heterocycles. The number of carbonyl (C=O) groups is 1. The second-order valence-electron chi connectivity index (χ2n) is 3.96. The fourth-order valence-electron chi connectivity index (χ4n) is 1.01. The van der Waals surface area contributed by atoms with Crippen LogP contribution in [0.1, 0.15) is 20.8 Å². The van der Waals surface area contributed by atoms with E-state index in [1.54, 1.807) is 13.8 Å². The molecule has 0 aliphatic rings. The third kappa shape index (κ3) is 3.94. The highest BCUT2D eigenvalue weighted by molar-refractivity contribution is 6.39. The molecule has 0 radical (unpaired) electrons. The maximum atomic E-state index is 13.3. The van der Waals surface area contributed by atoms with Crippen LogP contribution in [-0.4, -0.2) is 22.8 Å². The van der Waals surface area contributed by atoms with E-state index in [9.17, 15) is 9.18 Å². The van der Waals surface area contributed by atoms with Gasteiger partial charge in [0, 0.05) is 0 Å². The van der Waals surface area contributed by atoms with Crippen LogP contribution in [0.25, 0.3) is 0 Å². The van der Waals surface area contributed by atoms with Crippen LogP contribution >= 0.6 is 23.2 Å². The number of hydrogen-bond acceptors (Lipinski definition) is 6. The molecule has 0 saturated carbocycles. The summed E-state index contributed by atoms with van der Waals surface area (Å²) in [7, 11) is 0. The maximum absolute atomic E-state index is 13.3. The van der Waals surface area contributed by atoms with Gasteiger partial charge in [0.1, 0.15) is 10.0 Å². The van der Waals surface area contributed by atoms with E-state index in [0.29, 0.717) is 5.71 Å². The Morgan fingerprint density at radius 2 is 2.00 bits per heavy atom. The molecule has 0 spiro atoms. The number of nitrogen functional groups attached to an aromatic ring is 1. The van der Waals surface area contributed by atoms with E-state index < -0.39 is 23.0 Å². The van der Waals surface area contributed by atoms with Crippen molar-refractivity contribution in [3.05, 3.63) is 16.0 Å². The van der Waals surface area contributed by atoms with Gasteiger partial charge in [0.05, 0.1) is 11.4 Å². The lowest BCUT2D eigenvalue weighted by Gasteiger charge is -2.13. The van der Waals surface area contributed by atoms with Gasteiger partial charge in [0.15, 0.2) is 6.10 Å². The summed E-state index contributed by atoms with van der Waals surface area (Å²) in [5.74, 6) is -2.20. The van der Waals surface area contributed by atoms with E-state index in [1.165, 1.54) is 6.92 Å². The van der Waals surface area contributed by atoms with Gasteiger partial charge in [-0.15, -0.1) is 0 Å². The van der Waals surface area contributed by atoms with Gasteiger partial charge in [-0.25, -0.2) is 4.79 Å². The topological polar surface area (TPSA) is 86.8 Å². The molecule has 0 aliphatic carbocycles. The number of aromatic nitrogens is 1. The smallest absolute Gasteiger partial charge is 0.374 e. The SMILES string of the molecule is CC(C)=NOC(=O)[C@@H](C)Oc1nc(F)c(Cl)c(N)c1Cl. The number of nitrogens with zero attached hydrogens (tertiary/aromatic N) is 2. The van der Waals surface area contributed by atoms with Crippen LogP contribution in [0.4, 0.5) is 10.1 Å². The summed E-state index contributed by atoms with van der Waals surface area (Å²) in [4.78, 5) is 19.5. The van der Waals surface area contributed by atoms with Crippen LogP contribution in [0, 0.1) is 5.95 Å². The zero-order valence-corrected chi connectivity index (χ0v) is 12.4. The fraction of sp³-hybridized carbons (Fsp3) is 0.364. The predicted octanol–water partition coefficient (Wildman–Crippen LogP) is 2.82. The van der Waals surface area contributed by atoms with E-state index in [-0.39, 0.29) is 16.6 Å². The first kappa shape index (κ1) is 16.5. The molecule has 0 aromatic carbocycles. The van der Waals surface area contributed by atoms with E-state index in [1.807, 2.05) is 0 Å². The van der Waals surface area contributed by atoms with Gasteiger partial charge in [0.2, 0.25) is 11.8 Å². The lowest BCUT2D eigenvalue weighted by molar-refractivity contribution is -0.151. The molecule has 1 aromatic rings. The third-order valence-electron chi connectivity index (χ3n) is 1.98. The van der Waals surface area contributed by atoms with Crippen molar-refractivity contribution < 1.29 is 18.8 Å². The number of hydrogen-bond donors (Lipinski definition) is 1. The number of oxime groups is 1. The van der Waals surface area contributed by atoms with Crippen molar-refractivity contribution in [2.45, 2.75) is 26.9 Å². The molecular formula is C11H12Cl2FN3O3. The number of carbonyl (C=O) groups excluding carboxylic acids is 1. The first-order chi connectivity index (χ1) is 9.23. The second kappa shape index (κ2) is 6.71. The molecule has 1 heterocycles. The summed E-state index contributed by atoms with van der Waals surface area (Å²) in [5, 5.41) is 2.87. The van der Waals surface area contributed by atoms with Crippen LogP contribution in [0.2, 0.25) is 10.0 Å². The van der Waals surface area contributed by atoms with Gasteiger partial charge in [-0.1, -0.05) is 28.4 Å². The highest BCUT2D eigenvalue weighted by Gasteiger charge is 2.22. The number of anilines is 1. The molecule has 6 nitrogen and oxygen atoms in total. The molecule has 110 valence electrons. The zero-order valence-electron chi connectivity index (χ0n) is 10.9. The number of rotatable bonds is 4. The second-order valence-corrected chi connectivity index (χ2v) is 4.71. The fourth-order valence-corrected chi connectivity index (χ4v) is 1.38. The molecule has 9 heteroatoms. The molecule has 0 amide bonds. The van der Waals surface area contributed by atoms with Gasteiger partial charge in [-0.05, 0) is 20.8 Å². The monoisotopic (exact) mass is 323 g/mol. The third-order valence-corrected chi connectivity index (χ3v) is 2.70. The van der Waals surface area contributed by atoms with E-state index >= 15 is 0 Å². The van der Waals surface area contributed by atoms with Crippen LogP contribution in [0.3, 0.4) is 0 Å². The number of ether oxygens (including phenoxy) is 1. The van der Waals surface area contributed by atoms with Gasteiger partial charge < -0.3 is 15.3 Å². The average molecular weight is 324 g/mol. The Morgan fingerprint density at radius 1 is 1.40 bits per heavy atom. The van der Waals surface area contributed by atoms with Crippen LogP contribution < -0.4 is 10.5 Å². The van der Waals surface area contributed by atoms with Crippen LogP contribution in [0.5, 0.6) is 5.88 Å². The summed E-state index contributed by atoms with van der Waals surface area (Å²) in [6.07, 6.45) is -1.11. The summed E-state index contributed by atoms with van der Waals surface area (Å²) in [6, 6.07) is 0. The lowest BCUT2D eigenvalue weighted by Crippen LogP contribution is -2.25. The summed E-state index contributed by atoms with van der Waals surface area (Å²) in [5.41, 5.74) is 5.79. The number of nitrogens with two attached hydrogens (primary N) is 1. The van der Waals surface area contributed by atoms with Gasteiger partial charge in [-0.3, -0.25) is 0 Å². The molecule has 0 fully saturated rings. The molecule has 0 saturated heterocycles. The minimum atomic E-state index is -1.11. The first-order valence-corrected chi connectivity index (χ1v) is 6.18. The van der Waals surface area contributed by atoms with Crippen molar-refractivity contribution in [1.29, 1.82) is 0 Å².